The Labute approximate surface area is 231 Å². The van der Waals surface area contributed by atoms with Crippen molar-refractivity contribution in [2.24, 2.45) is 0 Å². The van der Waals surface area contributed by atoms with Gasteiger partial charge in [0.15, 0.2) is 0 Å². The summed E-state index contributed by atoms with van der Waals surface area (Å²) >= 11 is 6.80. The molecule has 0 atom stereocenters. The van der Waals surface area contributed by atoms with Gasteiger partial charge in [-0.25, -0.2) is 0 Å². The van der Waals surface area contributed by atoms with Crippen LogP contribution >= 0.6 is 11.6 Å². The number of halogens is 1. The molecule has 4 aromatic carbocycles. The number of benzene rings is 4. The van der Waals surface area contributed by atoms with Crippen LogP contribution in [0.25, 0.3) is 27.1 Å². The molecule has 0 amide bonds. The highest BCUT2D eigenvalue weighted by atomic mass is 35.5. The summed E-state index contributed by atoms with van der Waals surface area (Å²) < 4.78 is 0. The molecule has 6 rings (SSSR count). The molecule has 0 N–H and O–H groups in total. The van der Waals surface area contributed by atoms with Gasteiger partial charge in [0.25, 0.3) is 0 Å². The minimum Gasteiger partial charge on any atom is -0.347 e. The lowest BCUT2D eigenvalue weighted by atomic mass is 9.80. The second-order valence-electron chi connectivity index (χ2n) is 11.7. The molecule has 0 radical (unpaired) electrons. The summed E-state index contributed by atoms with van der Waals surface area (Å²) in [5.41, 5.74) is 9.04. The second kappa shape index (κ2) is 8.75. The molecule has 0 saturated heterocycles. The van der Waals surface area contributed by atoms with Crippen LogP contribution < -0.4 is 4.90 Å². The topological polar surface area (TPSA) is 3.24 Å². The van der Waals surface area contributed by atoms with Crippen LogP contribution in [0, 0.1) is 0 Å². The maximum absolute atomic E-state index is 6.80. The average Bonchev–Trinajstić information content (AvgIpc) is 3.20. The van der Waals surface area contributed by atoms with Crippen LogP contribution in [0.2, 0.25) is 0 Å². The number of rotatable bonds is 3. The monoisotopic (exact) mass is 515 g/mol. The van der Waals surface area contributed by atoms with Crippen molar-refractivity contribution in [1.29, 1.82) is 0 Å². The van der Waals surface area contributed by atoms with Crippen molar-refractivity contribution >= 4 is 44.4 Å². The first kappa shape index (κ1) is 24.8. The van der Waals surface area contributed by atoms with E-state index in [0.29, 0.717) is 0 Å². The third-order valence-corrected chi connectivity index (χ3v) is 9.00. The number of hydrogen-bond acceptors (Lipinski definition) is 1. The van der Waals surface area contributed by atoms with E-state index in [0.717, 1.165) is 5.03 Å². The standard InChI is InChI=1S/C36H34ClN/c1-23-29-19-24-11-7-8-12-25(24)20-31(29)35(2,3)30(23)17-15-28(37)16-18-34-36(4,5)32-21-26-13-9-10-14-27(26)22-33(32)38(34)6/h7-22H,1-6H3/b17-15+,28-16-,34-18-. The molecule has 0 fully saturated rings. The van der Waals surface area contributed by atoms with E-state index in [2.05, 4.69) is 132 Å². The molecule has 38 heavy (non-hydrogen) atoms. The highest BCUT2D eigenvalue weighted by Gasteiger charge is 2.38. The predicted octanol–water partition coefficient (Wildman–Crippen LogP) is 10.0. The van der Waals surface area contributed by atoms with Crippen LogP contribution in [0.3, 0.4) is 0 Å². The van der Waals surface area contributed by atoms with E-state index in [-0.39, 0.29) is 10.8 Å². The van der Waals surface area contributed by atoms with Crippen molar-refractivity contribution in [2.75, 3.05) is 11.9 Å². The Kier molecular flexibility index (Phi) is 5.70. The summed E-state index contributed by atoms with van der Waals surface area (Å²) in [5.74, 6) is 0. The molecule has 1 nitrogen and oxygen atoms in total. The minimum atomic E-state index is -0.109. The molecule has 0 unspecified atom stereocenters. The van der Waals surface area contributed by atoms with E-state index < -0.39 is 0 Å². The minimum absolute atomic E-state index is 0.0765. The van der Waals surface area contributed by atoms with Gasteiger partial charge in [-0.15, -0.1) is 0 Å². The highest BCUT2D eigenvalue weighted by molar-refractivity contribution is 6.31. The molecular formula is C36H34ClN. The first-order valence-electron chi connectivity index (χ1n) is 13.4. The lowest BCUT2D eigenvalue weighted by molar-refractivity contribution is 0.641. The molecule has 1 heterocycles. The first-order valence-corrected chi connectivity index (χ1v) is 13.7. The number of hydrogen-bond donors (Lipinski definition) is 0. The molecular weight excluding hydrogens is 482 g/mol. The summed E-state index contributed by atoms with van der Waals surface area (Å²) in [6.45, 7) is 11.5. The van der Waals surface area contributed by atoms with E-state index in [4.69, 9.17) is 11.6 Å². The van der Waals surface area contributed by atoms with Gasteiger partial charge in [0.2, 0.25) is 0 Å². The van der Waals surface area contributed by atoms with Gasteiger partial charge in [-0.2, -0.15) is 0 Å². The predicted molar refractivity (Wildman–Crippen MR) is 166 cm³/mol. The maximum atomic E-state index is 6.80. The second-order valence-corrected chi connectivity index (χ2v) is 12.2. The summed E-state index contributed by atoms with van der Waals surface area (Å²) in [5, 5.41) is 5.85. The van der Waals surface area contributed by atoms with E-state index in [1.807, 2.05) is 12.2 Å². The molecule has 1 aliphatic carbocycles. The van der Waals surface area contributed by atoms with E-state index >= 15 is 0 Å². The fourth-order valence-electron chi connectivity index (χ4n) is 6.55. The molecule has 1 aliphatic heterocycles. The van der Waals surface area contributed by atoms with Crippen LogP contribution in [-0.4, -0.2) is 7.05 Å². The number of likely N-dealkylation sites (N-methyl/N-ethyl adjacent to an activating group) is 1. The van der Waals surface area contributed by atoms with Crippen molar-refractivity contribution in [2.45, 2.75) is 45.4 Å². The van der Waals surface area contributed by atoms with Gasteiger partial charge in [-0.1, -0.05) is 93.9 Å². The lowest BCUT2D eigenvalue weighted by Crippen LogP contribution is -2.22. The third-order valence-electron chi connectivity index (χ3n) is 8.75. The number of fused-ring (bicyclic) bond motifs is 4. The third kappa shape index (κ3) is 3.76. The Hall–Kier alpha value is -3.55. The van der Waals surface area contributed by atoms with Crippen LogP contribution in [0.1, 0.15) is 51.3 Å². The normalized spacial score (nSPS) is 19.3. The Bertz CT molecular complexity index is 1740. The first-order chi connectivity index (χ1) is 18.1. The van der Waals surface area contributed by atoms with Gasteiger partial charge in [0, 0.05) is 34.3 Å². The molecule has 2 heteroatoms. The van der Waals surface area contributed by atoms with Crippen LogP contribution in [-0.2, 0) is 10.8 Å². The number of allylic oxidation sites excluding steroid dienone is 8. The van der Waals surface area contributed by atoms with Gasteiger partial charge in [0.1, 0.15) is 0 Å². The Morgan fingerprint density at radius 2 is 1.32 bits per heavy atom. The van der Waals surface area contributed by atoms with Crippen molar-refractivity contribution in [3.63, 3.8) is 0 Å². The molecule has 2 aliphatic rings. The van der Waals surface area contributed by atoms with Crippen molar-refractivity contribution in [3.8, 4) is 0 Å². The van der Waals surface area contributed by atoms with E-state index in [9.17, 15) is 0 Å². The zero-order valence-corrected chi connectivity index (χ0v) is 23.8. The van der Waals surface area contributed by atoms with Gasteiger partial charge >= 0.3 is 0 Å². The van der Waals surface area contributed by atoms with Gasteiger partial charge in [-0.3, -0.25) is 0 Å². The van der Waals surface area contributed by atoms with Gasteiger partial charge in [-0.05, 0) is 98.8 Å². The van der Waals surface area contributed by atoms with Crippen LogP contribution in [0.4, 0.5) is 5.69 Å². The molecule has 0 aromatic heterocycles. The van der Waals surface area contributed by atoms with Crippen molar-refractivity contribution < 1.29 is 0 Å². The fourth-order valence-corrected chi connectivity index (χ4v) is 6.68. The van der Waals surface area contributed by atoms with Crippen molar-refractivity contribution in [1.82, 2.24) is 0 Å². The van der Waals surface area contributed by atoms with Gasteiger partial charge in [0.05, 0.1) is 0 Å². The molecule has 190 valence electrons. The quantitative estimate of drug-likeness (QED) is 0.245. The van der Waals surface area contributed by atoms with Crippen molar-refractivity contribution in [3.05, 3.63) is 130 Å². The van der Waals surface area contributed by atoms with E-state index in [1.54, 1.807) is 0 Å². The summed E-state index contributed by atoms with van der Waals surface area (Å²) in [7, 11) is 2.15. The fraction of sp³-hybridized carbons (Fsp3) is 0.222. The molecule has 0 spiro atoms. The smallest absolute Gasteiger partial charge is 0.0454 e. The summed E-state index contributed by atoms with van der Waals surface area (Å²) in [6.07, 6.45) is 8.48. The lowest BCUT2D eigenvalue weighted by Gasteiger charge is -2.24. The summed E-state index contributed by atoms with van der Waals surface area (Å²) in [4.78, 5) is 2.31. The number of nitrogens with zero attached hydrogens (tertiary/aromatic N) is 1. The Balaban J connectivity index is 1.32. The maximum Gasteiger partial charge on any atom is 0.0454 e. The molecule has 0 bridgehead atoms. The van der Waals surface area contributed by atoms with E-state index in [1.165, 1.54) is 60.8 Å². The van der Waals surface area contributed by atoms with Gasteiger partial charge < -0.3 is 4.90 Å². The summed E-state index contributed by atoms with van der Waals surface area (Å²) in [6, 6.07) is 26.5. The SMILES string of the molecule is CC1=C(/C=C/C(Cl)=C/C=C2\N(C)c3cc4ccccc4cc3C2(C)C)C(C)(C)c2cc3ccccc3cc21. The van der Waals surface area contributed by atoms with Crippen LogP contribution in [0.5, 0.6) is 0 Å². The molecule has 0 saturated carbocycles. The highest BCUT2D eigenvalue weighted by Crippen LogP contribution is 2.49. The zero-order chi connectivity index (χ0) is 26.8. The Morgan fingerprint density at radius 1 is 0.763 bits per heavy atom. The Morgan fingerprint density at radius 3 is 1.95 bits per heavy atom. The average molecular weight is 516 g/mol. The number of anilines is 1. The molecule has 4 aromatic rings. The van der Waals surface area contributed by atoms with Crippen LogP contribution in [0.15, 0.2) is 113 Å². The largest absolute Gasteiger partial charge is 0.347 e. The zero-order valence-electron chi connectivity index (χ0n) is 23.1.